The molecule has 0 aliphatic carbocycles. The Kier molecular flexibility index (Phi) is 10.9. The van der Waals surface area contributed by atoms with Crippen LogP contribution < -0.4 is 0 Å². The molecule has 0 spiro atoms. The molecule has 0 bridgehead atoms. The second-order valence-electron chi connectivity index (χ2n) is 8.04. The molecule has 0 nitrogen and oxygen atoms in total. The van der Waals surface area contributed by atoms with Gasteiger partial charge in [-0.2, -0.15) is 0 Å². The number of aryl methyl sites for hydroxylation is 2. The largest absolute Gasteiger partial charge is 0.0654 e. The number of unbranched alkanes of at least 4 members (excludes halogenated alkanes) is 8. The van der Waals surface area contributed by atoms with Gasteiger partial charge in [0.1, 0.15) is 0 Å². The van der Waals surface area contributed by atoms with Gasteiger partial charge in [0.2, 0.25) is 0 Å². The summed E-state index contributed by atoms with van der Waals surface area (Å²) in [6.07, 6.45) is 17.2. The molecule has 0 heterocycles. The van der Waals surface area contributed by atoms with Crippen LogP contribution in [-0.4, -0.2) is 0 Å². The van der Waals surface area contributed by atoms with Gasteiger partial charge in [-0.15, -0.1) is 0 Å². The summed E-state index contributed by atoms with van der Waals surface area (Å²) >= 11 is 0. The molecular weight excluding hydrogens is 324 g/mol. The molecule has 0 aromatic heterocycles. The minimum absolute atomic E-state index is 1.09. The van der Waals surface area contributed by atoms with E-state index in [2.05, 4.69) is 62.4 Å². The molecule has 2 aromatic carbocycles. The zero-order valence-corrected chi connectivity index (χ0v) is 17.8. The van der Waals surface area contributed by atoms with E-state index in [1.807, 2.05) is 0 Å². The maximum atomic E-state index is 2.35. The van der Waals surface area contributed by atoms with Crippen molar-refractivity contribution in [2.45, 2.75) is 97.3 Å². The molecule has 0 aliphatic rings. The first-order valence-corrected chi connectivity index (χ1v) is 11.5. The van der Waals surface area contributed by atoms with E-state index < -0.39 is 0 Å². The topological polar surface area (TPSA) is 0 Å². The zero-order valence-electron chi connectivity index (χ0n) is 17.8. The average Bonchev–Trinajstić information content (AvgIpc) is 2.70. The molecule has 0 aliphatic heterocycles. The maximum Gasteiger partial charge on any atom is -0.00203 e. The highest BCUT2D eigenvalue weighted by Crippen LogP contribution is 2.21. The fourth-order valence-electron chi connectivity index (χ4n) is 3.99. The number of benzene rings is 2. The third kappa shape index (κ3) is 8.33. The van der Waals surface area contributed by atoms with Crippen molar-refractivity contribution in [2.24, 2.45) is 0 Å². The van der Waals surface area contributed by atoms with Crippen LogP contribution in [0.15, 0.2) is 48.5 Å². The fourth-order valence-corrected chi connectivity index (χ4v) is 3.99. The minimum atomic E-state index is 1.09. The van der Waals surface area contributed by atoms with Crippen LogP contribution in [0.2, 0.25) is 0 Å². The van der Waals surface area contributed by atoms with E-state index in [1.165, 1.54) is 88.2 Å². The van der Waals surface area contributed by atoms with E-state index in [0.717, 1.165) is 6.42 Å². The van der Waals surface area contributed by atoms with Crippen molar-refractivity contribution in [2.75, 3.05) is 0 Å². The van der Waals surface area contributed by atoms with Gasteiger partial charge in [-0.3, -0.25) is 0 Å². The van der Waals surface area contributed by atoms with Gasteiger partial charge in [0.25, 0.3) is 0 Å². The van der Waals surface area contributed by atoms with Gasteiger partial charge in [-0.25, -0.2) is 0 Å². The summed E-state index contributed by atoms with van der Waals surface area (Å²) in [6, 6.07) is 18.2. The molecule has 0 saturated heterocycles. The molecule has 0 heteroatoms. The monoisotopic (exact) mass is 364 g/mol. The van der Waals surface area contributed by atoms with Crippen LogP contribution in [0.5, 0.6) is 0 Å². The van der Waals surface area contributed by atoms with Crippen LogP contribution in [0.3, 0.4) is 0 Å². The predicted octanol–water partition coefficient (Wildman–Crippen LogP) is 8.30. The van der Waals surface area contributed by atoms with Gasteiger partial charge in [0.15, 0.2) is 0 Å². The smallest absolute Gasteiger partial charge is 0.00203 e. The van der Waals surface area contributed by atoms with E-state index in [0.29, 0.717) is 0 Å². The molecule has 0 N–H and O–H groups in total. The third-order valence-electron chi connectivity index (χ3n) is 5.72. The Balaban J connectivity index is 1.94. The molecule has 0 amide bonds. The lowest BCUT2D eigenvalue weighted by atomic mass is 9.92. The Morgan fingerprint density at radius 3 is 1.22 bits per heavy atom. The lowest BCUT2D eigenvalue weighted by Gasteiger charge is -2.13. The Morgan fingerprint density at radius 2 is 0.815 bits per heavy atom. The lowest BCUT2D eigenvalue weighted by Crippen LogP contribution is -2.00. The molecular formula is C27H40. The second kappa shape index (κ2) is 13.6. The van der Waals surface area contributed by atoms with Crippen LogP contribution in [0.25, 0.3) is 0 Å². The normalized spacial score (nSPS) is 11.0. The summed E-state index contributed by atoms with van der Waals surface area (Å²) < 4.78 is 0. The van der Waals surface area contributed by atoms with Crippen molar-refractivity contribution in [3.8, 4) is 0 Å². The SMILES string of the molecule is CCCCCCCc1ccccc1Cc1ccccc1CCCCCCC. The van der Waals surface area contributed by atoms with Crippen LogP contribution in [0.4, 0.5) is 0 Å². The third-order valence-corrected chi connectivity index (χ3v) is 5.72. The average molecular weight is 365 g/mol. The molecule has 148 valence electrons. The van der Waals surface area contributed by atoms with E-state index >= 15 is 0 Å². The molecule has 0 unspecified atom stereocenters. The van der Waals surface area contributed by atoms with Crippen LogP contribution in [0, 0.1) is 0 Å². The highest BCUT2D eigenvalue weighted by atomic mass is 14.1. The van der Waals surface area contributed by atoms with Gasteiger partial charge in [0, 0.05) is 0 Å². The molecule has 0 radical (unpaired) electrons. The van der Waals surface area contributed by atoms with E-state index in [1.54, 1.807) is 11.1 Å². The standard InChI is InChI=1S/C27H40/c1-3-5-7-9-11-17-24-19-13-15-21-26(24)23-27-22-16-14-20-25(27)18-12-10-8-6-4-2/h13-16,19-22H,3-12,17-18,23H2,1-2H3. The van der Waals surface area contributed by atoms with E-state index in [9.17, 15) is 0 Å². The molecule has 27 heavy (non-hydrogen) atoms. The van der Waals surface area contributed by atoms with Gasteiger partial charge < -0.3 is 0 Å². The van der Waals surface area contributed by atoms with Crippen molar-refractivity contribution < 1.29 is 0 Å². The summed E-state index contributed by atoms with van der Waals surface area (Å²) in [6.45, 7) is 4.58. The van der Waals surface area contributed by atoms with Crippen molar-refractivity contribution >= 4 is 0 Å². The highest BCUT2D eigenvalue weighted by molar-refractivity contribution is 5.36. The first kappa shape index (κ1) is 21.7. The molecule has 0 fully saturated rings. The highest BCUT2D eigenvalue weighted by Gasteiger charge is 2.07. The lowest BCUT2D eigenvalue weighted by molar-refractivity contribution is 0.629. The molecule has 2 aromatic rings. The van der Waals surface area contributed by atoms with Gasteiger partial charge >= 0.3 is 0 Å². The Hall–Kier alpha value is -1.56. The number of hydrogen-bond donors (Lipinski definition) is 0. The fraction of sp³-hybridized carbons (Fsp3) is 0.556. The van der Waals surface area contributed by atoms with Crippen molar-refractivity contribution in [1.29, 1.82) is 0 Å². The van der Waals surface area contributed by atoms with Crippen LogP contribution in [0.1, 0.15) is 100 Å². The van der Waals surface area contributed by atoms with E-state index in [4.69, 9.17) is 0 Å². The summed E-state index contributed by atoms with van der Waals surface area (Å²) in [7, 11) is 0. The summed E-state index contributed by atoms with van der Waals surface area (Å²) in [5.41, 5.74) is 6.19. The number of hydrogen-bond acceptors (Lipinski definition) is 0. The van der Waals surface area contributed by atoms with Gasteiger partial charge in [0.05, 0.1) is 0 Å². The van der Waals surface area contributed by atoms with E-state index in [-0.39, 0.29) is 0 Å². The van der Waals surface area contributed by atoms with Crippen molar-refractivity contribution in [3.63, 3.8) is 0 Å². The zero-order chi connectivity index (χ0) is 19.2. The Labute approximate surface area is 168 Å². The first-order valence-electron chi connectivity index (χ1n) is 11.5. The first-order chi connectivity index (χ1) is 13.3. The van der Waals surface area contributed by atoms with Crippen molar-refractivity contribution in [3.05, 3.63) is 70.8 Å². The van der Waals surface area contributed by atoms with Crippen LogP contribution in [-0.2, 0) is 19.3 Å². The molecule has 0 saturated carbocycles. The number of rotatable bonds is 14. The quantitative estimate of drug-likeness (QED) is 0.296. The summed E-state index contributed by atoms with van der Waals surface area (Å²) in [5.74, 6) is 0. The van der Waals surface area contributed by atoms with Crippen LogP contribution >= 0.6 is 0 Å². The summed E-state index contributed by atoms with van der Waals surface area (Å²) in [4.78, 5) is 0. The second-order valence-corrected chi connectivity index (χ2v) is 8.04. The predicted molar refractivity (Wildman–Crippen MR) is 121 cm³/mol. The van der Waals surface area contributed by atoms with Gasteiger partial charge in [-0.1, -0.05) is 114 Å². The molecule has 2 rings (SSSR count). The molecule has 0 atom stereocenters. The summed E-state index contributed by atoms with van der Waals surface area (Å²) in [5, 5.41) is 0. The minimum Gasteiger partial charge on any atom is -0.0654 e. The Bertz CT molecular complexity index is 570. The maximum absolute atomic E-state index is 2.35. The van der Waals surface area contributed by atoms with Crippen molar-refractivity contribution in [1.82, 2.24) is 0 Å². The van der Waals surface area contributed by atoms with Gasteiger partial charge in [-0.05, 0) is 54.4 Å². The Morgan fingerprint density at radius 1 is 0.444 bits per heavy atom.